The Kier molecular flexibility index (Phi) is 6.40. The van der Waals surface area contributed by atoms with Gasteiger partial charge in [-0.15, -0.1) is 11.3 Å². The minimum atomic E-state index is -0.375. The Morgan fingerprint density at radius 1 is 0.935 bits per heavy atom. The van der Waals surface area contributed by atoms with Gasteiger partial charge in [-0.1, -0.05) is 18.2 Å². The number of anilines is 4. The molecule has 4 rings (SSSR count). The Morgan fingerprint density at radius 2 is 1.61 bits per heavy atom. The van der Waals surface area contributed by atoms with E-state index in [1.54, 1.807) is 7.11 Å². The fraction of sp³-hybridized carbons (Fsp3) is 0.174. The van der Waals surface area contributed by atoms with Crippen molar-refractivity contribution in [2.75, 3.05) is 31.0 Å². The third-order valence-electron chi connectivity index (χ3n) is 4.64. The monoisotopic (exact) mass is 434 g/mol. The molecule has 0 aliphatic rings. The molecule has 4 aromatic rings. The average Bonchev–Trinajstić information content (AvgIpc) is 3.13. The first-order valence-electron chi connectivity index (χ1n) is 9.75. The fourth-order valence-corrected chi connectivity index (χ4v) is 4.15. The van der Waals surface area contributed by atoms with Crippen molar-refractivity contribution in [2.24, 2.45) is 0 Å². The zero-order valence-corrected chi connectivity index (χ0v) is 18.0. The molecule has 0 aliphatic heterocycles. The Labute approximate surface area is 184 Å². The van der Waals surface area contributed by atoms with Gasteiger partial charge in [0.2, 0.25) is 0 Å². The molecule has 0 saturated heterocycles. The van der Waals surface area contributed by atoms with Gasteiger partial charge in [0.15, 0.2) is 0 Å². The second-order valence-electron chi connectivity index (χ2n) is 6.78. The number of hydrogen-bond donors (Lipinski definition) is 2. The molecule has 31 heavy (non-hydrogen) atoms. The summed E-state index contributed by atoms with van der Waals surface area (Å²) in [4.78, 5) is 22.4. The van der Waals surface area contributed by atoms with Crippen LogP contribution in [0.3, 0.4) is 0 Å². The number of methoxy groups -OCH3 is 1. The summed E-state index contributed by atoms with van der Waals surface area (Å²) in [6, 6.07) is 17.9. The van der Waals surface area contributed by atoms with Crippen molar-refractivity contribution in [1.82, 2.24) is 9.97 Å². The summed E-state index contributed by atoms with van der Waals surface area (Å²) in [7, 11) is 1.57. The van der Waals surface area contributed by atoms with E-state index in [4.69, 9.17) is 9.47 Å². The third-order valence-corrected chi connectivity index (χ3v) is 5.82. The molecule has 2 aromatic carbocycles. The van der Waals surface area contributed by atoms with Crippen molar-refractivity contribution >= 4 is 50.4 Å². The van der Waals surface area contributed by atoms with E-state index >= 15 is 0 Å². The molecule has 7 nitrogen and oxygen atoms in total. The van der Waals surface area contributed by atoms with Gasteiger partial charge in [-0.3, -0.25) is 0 Å². The highest BCUT2D eigenvalue weighted by molar-refractivity contribution is 7.20. The predicted molar refractivity (Wildman–Crippen MR) is 124 cm³/mol. The van der Waals surface area contributed by atoms with E-state index in [2.05, 4.69) is 20.6 Å². The van der Waals surface area contributed by atoms with E-state index in [1.807, 2.05) is 61.5 Å². The highest BCUT2D eigenvalue weighted by Crippen LogP contribution is 2.35. The van der Waals surface area contributed by atoms with Gasteiger partial charge in [0, 0.05) is 24.2 Å². The lowest BCUT2D eigenvalue weighted by Crippen LogP contribution is -2.09. The molecular formula is C23H22N4O3S. The second-order valence-corrected chi connectivity index (χ2v) is 7.78. The molecule has 0 unspecified atom stereocenters. The normalized spacial score (nSPS) is 10.8. The number of aryl methyl sites for hydroxylation is 1. The number of ether oxygens (including phenoxy) is 2. The highest BCUT2D eigenvalue weighted by atomic mass is 32.1. The molecule has 0 bridgehead atoms. The van der Waals surface area contributed by atoms with E-state index in [0.717, 1.165) is 32.8 Å². The first-order valence-corrected chi connectivity index (χ1v) is 10.6. The molecule has 0 atom stereocenters. The molecule has 0 amide bonds. The minimum absolute atomic E-state index is 0.211. The number of rotatable bonds is 8. The van der Waals surface area contributed by atoms with Crippen molar-refractivity contribution < 1.29 is 14.3 Å². The summed E-state index contributed by atoms with van der Waals surface area (Å²) in [5, 5.41) is 7.51. The number of esters is 1. The molecule has 2 N–H and O–H groups in total. The van der Waals surface area contributed by atoms with Crippen LogP contribution in [0.2, 0.25) is 0 Å². The zero-order chi connectivity index (χ0) is 21.6. The molecule has 0 spiro atoms. The number of benzene rings is 2. The van der Waals surface area contributed by atoms with Gasteiger partial charge in [0.05, 0.1) is 12.0 Å². The maximum absolute atomic E-state index is 12.4. The zero-order valence-electron chi connectivity index (χ0n) is 17.2. The molecule has 0 radical (unpaired) electrons. The lowest BCUT2D eigenvalue weighted by molar-refractivity contribution is 0.0393. The number of fused-ring (bicyclic) bond motifs is 1. The predicted octanol–water partition coefficient (Wildman–Crippen LogP) is 5.29. The summed E-state index contributed by atoms with van der Waals surface area (Å²) in [6.07, 6.45) is 1.49. The van der Waals surface area contributed by atoms with Crippen molar-refractivity contribution in [3.8, 4) is 0 Å². The van der Waals surface area contributed by atoms with Crippen molar-refractivity contribution in [3.05, 3.63) is 71.4 Å². The Morgan fingerprint density at radius 3 is 2.32 bits per heavy atom. The van der Waals surface area contributed by atoms with Crippen LogP contribution in [-0.4, -0.2) is 36.3 Å². The molecule has 0 saturated carbocycles. The van der Waals surface area contributed by atoms with Crippen molar-refractivity contribution in [3.63, 3.8) is 0 Å². The smallest absolute Gasteiger partial charge is 0.348 e. The fourth-order valence-electron chi connectivity index (χ4n) is 3.11. The second kappa shape index (κ2) is 9.55. The van der Waals surface area contributed by atoms with Gasteiger partial charge in [-0.05, 0) is 48.9 Å². The number of aromatic nitrogens is 2. The van der Waals surface area contributed by atoms with E-state index in [1.165, 1.54) is 17.7 Å². The van der Waals surface area contributed by atoms with Crippen LogP contribution in [-0.2, 0) is 9.47 Å². The van der Waals surface area contributed by atoms with Crippen LogP contribution in [0.4, 0.5) is 22.9 Å². The van der Waals surface area contributed by atoms with Crippen LogP contribution >= 0.6 is 11.3 Å². The van der Waals surface area contributed by atoms with Crippen LogP contribution in [0.5, 0.6) is 0 Å². The van der Waals surface area contributed by atoms with Crippen LogP contribution in [0.1, 0.15) is 15.2 Å². The molecule has 158 valence electrons. The summed E-state index contributed by atoms with van der Waals surface area (Å²) in [5.74, 6) is 0.276. The number of carbonyl (C=O) groups excluding carboxylic acids is 1. The number of hydrogen-bond acceptors (Lipinski definition) is 8. The van der Waals surface area contributed by atoms with Crippen LogP contribution in [0, 0.1) is 6.92 Å². The highest BCUT2D eigenvalue weighted by Gasteiger charge is 2.20. The largest absolute Gasteiger partial charge is 0.459 e. The summed E-state index contributed by atoms with van der Waals surface area (Å²) in [6.45, 7) is 2.45. The quantitative estimate of drug-likeness (QED) is 0.288. The number of nitrogens with one attached hydrogen (secondary N) is 2. The van der Waals surface area contributed by atoms with Crippen LogP contribution < -0.4 is 10.6 Å². The molecule has 2 aromatic heterocycles. The van der Waals surface area contributed by atoms with Crippen molar-refractivity contribution in [1.29, 1.82) is 0 Å². The molecular weight excluding hydrogens is 412 g/mol. The molecule has 8 heteroatoms. The molecule has 2 heterocycles. The van der Waals surface area contributed by atoms with Crippen LogP contribution in [0.25, 0.3) is 10.2 Å². The number of carbonyl (C=O) groups is 1. The van der Waals surface area contributed by atoms with E-state index in [-0.39, 0.29) is 12.6 Å². The minimum Gasteiger partial charge on any atom is -0.459 e. The lowest BCUT2D eigenvalue weighted by Gasteiger charge is -2.10. The molecule has 0 fully saturated rings. The summed E-state index contributed by atoms with van der Waals surface area (Å²) in [5.41, 5.74) is 3.69. The van der Waals surface area contributed by atoms with Gasteiger partial charge in [-0.25, -0.2) is 14.8 Å². The summed E-state index contributed by atoms with van der Waals surface area (Å²) < 4.78 is 10.2. The number of nitrogens with zero attached hydrogens (tertiary/aromatic N) is 2. The first-order chi connectivity index (χ1) is 15.2. The van der Waals surface area contributed by atoms with E-state index < -0.39 is 0 Å². The topological polar surface area (TPSA) is 85.4 Å². The van der Waals surface area contributed by atoms with Crippen LogP contribution in [0.15, 0.2) is 60.9 Å². The SMILES string of the molecule is COCCOC(=O)c1sc2ncnc(Nc3ccc(Nc4ccccc4)cc3)c2c1C. The Hall–Kier alpha value is -3.49. The maximum Gasteiger partial charge on any atom is 0.348 e. The standard InChI is InChI=1S/C23H22N4O3S/c1-15-19-21(24-14-25-22(19)31-20(15)23(28)30-13-12-29-2)27-18-10-8-17(9-11-18)26-16-6-4-3-5-7-16/h3-11,14,26H,12-13H2,1-2H3,(H,24,25,27). The maximum atomic E-state index is 12.4. The Balaban J connectivity index is 1.53. The third kappa shape index (κ3) is 4.82. The Bertz CT molecular complexity index is 1180. The number of para-hydroxylation sites is 1. The van der Waals surface area contributed by atoms with Gasteiger partial charge in [0.25, 0.3) is 0 Å². The molecule has 0 aliphatic carbocycles. The van der Waals surface area contributed by atoms with E-state index in [9.17, 15) is 4.79 Å². The van der Waals surface area contributed by atoms with Crippen molar-refractivity contribution in [2.45, 2.75) is 6.92 Å². The summed E-state index contributed by atoms with van der Waals surface area (Å²) >= 11 is 1.30. The van der Waals surface area contributed by atoms with Gasteiger partial charge in [-0.2, -0.15) is 0 Å². The van der Waals surface area contributed by atoms with Gasteiger partial charge < -0.3 is 20.1 Å². The number of thiophene rings is 1. The lowest BCUT2D eigenvalue weighted by atomic mass is 10.2. The average molecular weight is 435 g/mol. The first kappa shape index (κ1) is 20.8. The van der Waals surface area contributed by atoms with E-state index in [0.29, 0.717) is 17.3 Å². The van der Waals surface area contributed by atoms with Gasteiger partial charge >= 0.3 is 5.97 Å². The van der Waals surface area contributed by atoms with Gasteiger partial charge in [0.1, 0.15) is 28.5 Å².